The summed E-state index contributed by atoms with van der Waals surface area (Å²) in [4.78, 5) is 10.4. The Kier molecular flexibility index (Phi) is 3.73. The molecule has 0 aromatic heterocycles. The lowest BCUT2D eigenvalue weighted by atomic mass is 10.2. The molecular weight excluding hydrogens is 240 g/mol. The third kappa shape index (κ3) is 3.48. The number of methoxy groups -OCH3 is 1. The SMILES string of the molecule is COc1ccc(C#CC(=O)C(F)(F)F)cc1F. The van der Waals surface area contributed by atoms with Crippen molar-refractivity contribution in [1.29, 1.82) is 0 Å². The second-order valence-electron chi connectivity index (χ2n) is 2.93. The zero-order valence-corrected chi connectivity index (χ0v) is 8.56. The molecule has 90 valence electrons. The lowest BCUT2D eigenvalue weighted by molar-refractivity contribution is -0.164. The van der Waals surface area contributed by atoms with Gasteiger partial charge in [-0.2, -0.15) is 13.2 Å². The molecule has 1 aromatic carbocycles. The van der Waals surface area contributed by atoms with Gasteiger partial charge in [0.1, 0.15) is 0 Å². The van der Waals surface area contributed by atoms with Crippen molar-refractivity contribution in [3.63, 3.8) is 0 Å². The highest BCUT2D eigenvalue weighted by molar-refractivity contribution is 6.00. The maximum Gasteiger partial charge on any atom is 0.462 e. The third-order valence-electron chi connectivity index (χ3n) is 1.73. The molecule has 0 saturated carbocycles. The minimum absolute atomic E-state index is 0.0408. The molecule has 0 atom stereocenters. The van der Waals surface area contributed by atoms with E-state index in [0.29, 0.717) is 0 Å². The molecule has 0 spiro atoms. The van der Waals surface area contributed by atoms with Crippen LogP contribution >= 0.6 is 0 Å². The molecule has 0 aliphatic rings. The summed E-state index contributed by atoms with van der Waals surface area (Å²) in [7, 11) is 1.25. The summed E-state index contributed by atoms with van der Waals surface area (Å²) in [5.74, 6) is 0.315. The van der Waals surface area contributed by atoms with Gasteiger partial charge in [0.25, 0.3) is 0 Å². The lowest BCUT2D eigenvalue weighted by Gasteiger charge is -2.00. The van der Waals surface area contributed by atoms with Crippen molar-refractivity contribution >= 4 is 5.78 Å². The van der Waals surface area contributed by atoms with Crippen LogP contribution in [-0.2, 0) is 4.79 Å². The monoisotopic (exact) mass is 246 g/mol. The maximum atomic E-state index is 13.1. The Balaban J connectivity index is 2.94. The molecule has 0 N–H and O–H groups in total. The van der Waals surface area contributed by atoms with Gasteiger partial charge in [0.05, 0.1) is 7.11 Å². The topological polar surface area (TPSA) is 26.3 Å². The van der Waals surface area contributed by atoms with E-state index in [1.807, 2.05) is 5.92 Å². The number of Topliss-reactive ketones (excluding diaryl/α,β-unsaturated/α-hetero) is 1. The summed E-state index contributed by atoms with van der Waals surface area (Å²) in [6, 6.07) is 3.34. The van der Waals surface area contributed by atoms with E-state index in [2.05, 4.69) is 4.74 Å². The Hall–Kier alpha value is -2.03. The van der Waals surface area contributed by atoms with Crippen LogP contribution in [0.2, 0.25) is 0 Å². The number of halogens is 4. The van der Waals surface area contributed by atoms with Gasteiger partial charge in [0, 0.05) is 5.56 Å². The second-order valence-corrected chi connectivity index (χ2v) is 2.93. The van der Waals surface area contributed by atoms with Crippen molar-refractivity contribution < 1.29 is 27.1 Å². The van der Waals surface area contributed by atoms with E-state index in [9.17, 15) is 22.4 Å². The van der Waals surface area contributed by atoms with E-state index in [0.717, 1.165) is 6.07 Å². The molecule has 0 saturated heterocycles. The van der Waals surface area contributed by atoms with Crippen LogP contribution in [0.5, 0.6) is 5.75 Å². The fraction of sp³-hybridized carbons (Fsp3) is 0.182. The largest absolute Gasteiger partial charge is 0.494 e. The highest BCUT2D eigenvalue weighted by Gasteiger charge is 2.37. The fourth-order valence-electron chi connectivity index (χ4n) is 0.944. The summed E-state index contributed by atoms with van der Waals surface area (Å²) in [5.41, 5.74) is -0.0408. The van der Waals surface area contributed by atoms with Crippen molar-refractivity contribution in [3.05, 3.63) is 29.6 Å². The van der Waals surface area contributed by atoms with Crippen molar-refractivity contribution in [3.8, 4) is 17.6 Å². The van der Waals surface area contributed by atoms with E-state index in [1.165, 1.54) is 25.2 Å². The van der Waals surface area contributed by atoms with E-state index in [1.54, 1.807) is 0 Å². The highest BCUT2D eigenvalue weighted by atomic mass is 19.4. The number of benzene rings is 1. The van der Waals surface area contributed by atoms with E-state index >= 15 is 0 Å². The minimum atomic E-state index is -5.00. The number of carbonyl (C=O) groups is 1. The first kappa shape index (κ1) is 13.0. The Bertz CT molecular complexity index is 494. The van der Waals surface area contributed by atoms with Crippen LogP contribution in [0.3, 0.4) is 0 Å². The molecule has 0 bridgehead atoms. The molecule has 1 rings (SSSR count). The molecule has 0 fully saturated rings. The van der Waals surface area contributed by atoms with Gasteiger partial charge >= 0.3 is 12.0 Å². The van der Waals surface area contributed by atoms with Crippen LogP contribution in [0.25, 0.3) is 0 Å². The van der Waals surface area contributed by atoms with Crippen molar-refractivity contribution in [2.24, 2.45) is 0 Å². The van der Waals surface area contributed by atoms with Crippen LogP contribution in [-0.4, -0.2) is 19.1 Å². The predicted octanol–water partition coefficient (Wildman–Crippen LogP) is 2.32. The van der Waals surface area contributed by atoms with Gasteiger partial charge in [-0.3, -0.25) is 4.79 Å². The maximum absolute atomic E-state index is 13.1. The fourth-order valence-corrected chi connectivity index (χ4v) is 0.944. The number of hydrogen-bond acceptors (Lipinski definition) is 2. The Labute approximate surface area is 94.2 Å². The molecule has 0 heterocycles. The number of rotatable bonds is 1. The Morgan fingerprint density at radius 1 is 1.35 bits per heavy atom. The standard InChI is InChI=1S/C11H6F4O2/c1-17-9-4-2-7(6-8(9)12)3-5-10(16)11(13,14)15/h2,4,6H,1H3. The highest BCUT2D eigenvalue weighted by Crippen LogP contribution is 2.18. The molecule has 0 aliphatic carbocycles. The van der Waals surface area contributed by atoms with Gasteiger partial charge < -0.3 is 4.74 Å². The van der Waals surface area contributed by atoms with E-state index in [4.69, 9.17) is 0 Å². The number of alkyl halides is 3. The first-order chi connectivity index (χ1) is 7.84. The number of ether oxygens (including phenoxy) is 1. The molecule has 0 unspecified atom stereocenters. The third-order valence-corrected chi connectivity index (χ3v) is 1.73. The molecule has 0 aliphatic heterocycles. The van der Waals surface area contributed by atoms with Crippen LogP contribution in [0.4, 0.5) is 17.6 Å². The lowest BCUT2D eigenvalue weighted by Crippen LogP contribution is -2.20. The van der Waals surface area contributed by atoms with Crippen molar-refractivity contribution in [1.82, 2.24) is 0 Å². The van der Waals surface area contributed by atoms with Gasteiger partial charge in [-0.05, 0) is 24.1 Å². The predicted molar refractivity (Wildman–Crippen MR) is 50.9 cm³/mol. The molecule has 0 radical (unpaired) electrons. The summed E-state index contributed by atoms with van der Waals surface area (Å²) in [6.07, 6.45) is -5.00. The average Bonchev–Trinajstić information content (AvgIpc) is 2.24. The van der Waals surface area contributed by atoms with Gasteiger partial charge in [-0.1, -0.05) is 5.92 Å². The summed E-state index contributed by atoms with van der Waals surface area (Å²) in [6.45, 7) is 0. The Morgan fingerprint density at radius 2 is 2.00 bits per heavy atom. The molecule has 0 amide bonds. The molecule has 17 heavy (non-hydrogen) atoms. The van der Waals surface area contributed by atoms with Gasteiger partial charge in [0.2, 0.25) is 0 Å². The molecule has 1 aromatic rings. The van der Waals surface area contributed by atoms with Gasteiger partial charge in [0.15, 0.2) is 11.6 Å². The summed E-state index contributed by atoms with van der Waals surface area (Å²) >= 11 is 0. The van der Waals surface area contributed by atoms with Crippen LogP contribution in [0.1, 0.15) is 5.56 Å². The number of ketones is 1. The van der Waals surface area contributed by atoms with Crippen molar-refractivity contribution in [2.75, 3.05) is 7.11 Å². The zero-order chi connectivity index (χ0) is 13.1. The molecule has 2 nitrogen and oxygen atoms in total. The first-order valence-electron chi connectivity index (χ1n) is 4.31. The van der Waals surface area contributed by atoms with Crippen LogP contribution < -0.4 is 4.74 Å². The van der Waals surface area contributed by atoms with Crippen LogP contribution in [0, 0.1) is 17.7 Å². The summed E-state index contributed by atoms with van der Waals surface area (Å²) < 4.78 is 53.1. The first-order valence-corrected chi connectivity index (χ1v) is 4.31. The van der Waals surface area contributed by atoms with Gasteiger partial charge in [-0.15, -0.1) is 0 Å². The van der Waals surface area contributed by atoms with Crippen LogP contribution in [0.15, 0.2) is 18.2 Å². The second kappa shape index (κ2) is 4.87. The quantitative estimate of drug-likeness (QED) is 0.561. The minimum Gasteiger partial charge on any atom is -0.494 e. The molecule has 6 heteroatoms. The zero-order valence-electron chi connectivity index (χ0n) is 8.56. The normalized spacial score (nSPS) is 10.4. The smallest absolute Gasteiger partial charge is 0.462 e. The average molecular weight is 246 g/mol. The van der Waals surface area contributed by atoms with Gasteiger partial charge in [-0.25, -0.2) is 4.39 Å². The van der Waals surface area contributed by atoms with E-state index in [-0.39, 0.29) is 11.3 Å². The molecular formula is C11H6F4O2. The van der Waals surface area contributed by atoms with E-state index < -0.39 is 17.8 Å². The van der Waals surface area contributed by atoms with Crippen molar-refractivity contribution in [2.45, 2.75) is 6.18 Å². The number of carbonyl (C=O) groups excluding carboxylic acids is 1. The summed E-state index contributed by atoms with van der Waals surface area (Å²) in [5, 5.41) is 0. The Morgan fingerprint density at radius 3 is 2.47 bits per heavy atom. The number of hydrogen-bond donors (Lipinski definition) is 0.